The number of carbonyl (C=O) groups is 1. The van der Waals surface area contributed by atoms with Crippen LogP contribution in [0.2, 0.25) is 0 Å². The molecule has 0 unspecified atom stereocenters. The number of nitrogens with one attached hydrogen (secondary N) is 1. The molecule has 2 aromatic heterocycles. The second kappa shape index (κ2) is 6.12. The van der Waals surface area contributed by atoms with E-state index in [0.29, 0.717) is 15.9 Å². The summed E-state index contributed by atoms with van der Waals surface area (Å²) in [5.41, 5.74) is 1.75. The maximum Gasteiger partial charge on any atom is 0.341 e. The number of carbonyl (C=O) groups excluding carboxylic acids is 1. The summed E-state index contributed by atoms with van der Waals surface area (Å²) >= 11 is 6.68. The maximum absolute atomic E-state index is 11.6. The molecule has 1 N–H and O–H groups in total. The minimum Gasteiger partial charge on any atom is -0.465 e. The van der Waals surface area contributed by atoms with Gasteiger partial charge in [-0.2, -0.15) is 0 Å². The highest BCUT2D eigenvalue weighted by atomic mass is 79.9. The van der Waals surface area contributed by atoms with Gasteiger partial charge in [-0.15, -0.1) is 0 Å². The second-order valence-electron chi connectivity index (χ2n) is 3.52. The zero-order valence-electron chi connectivity index (χ0n) is 9.85. The number of methoxy groups -OCH3 is 1. The van der Waals surface area contributed by atoms with Crippen LogP contribution in [0.25, 0.3) is 0 Å². The lowest BCUT2D eigenvalue weighted by Crippen LogP contribution is -2.06. The van der Waals surface area contributed by atoms with Gasteiger partial charge in [-0.05, 0) is 44.0 Å². The zero-order valence-corrected chi connectivity index (χ0v) is 13.0. The van der Waals surface area contributed by atoms with Crippen molar-refractivity contribution in [2.24, 2.45) is 0 Å². The summed E-state index contributed by atoms with van der Waals surface area (Å²) in [6.45, 7) is 0. The van der Waals surface area contributed by atoms with E-state index in [1.165, 1.54) is 13.3 Å². The summed E-state index contributed by atoms with van der Waals surface area (Å²) in [4.78, 5) is 19.6. The van der Waals surface area contributed by atoms with Gasteiger partial charge >= 0.3 is 5.97 Å². The molecule has 2 aromatic rings. The molecule has 0 radical (unpaired) electrons. The highest BCUT2D eigenvalue weighted by molar-refractivity contribution is 9.11. The van der Waals surface area contributed by atoms with E-state index >= 15 is 0 Å². The summed E-state index contributed by atoms with van der Waals surface area (Å²) in [5, 5.41) is 3.14. The van der Waals surface area contributed by atoms with Crippen LogP contribution in [-0.2, 0) is 4.74 Å². The minimum atomic E-state index is -0.445. The Hall–Kier alpha value is -1.47. The molecular weight excluding hydrogens is 378 g/mol. The van der Waals surface area contributed by atoms with Gasteiger partial charge < -0.3 is 10.1 Å². The van der Waals surface area contributed by atoms with Crippen LogP contribution in [0.4, 0.5) is 11.4 Å². The van der Waals surface area contributed by atoms with E-state index in [1.807, 2.05) is 0 Å². The quantitative estimate of drug-likeness (QED) is 0.645. The molecule has 2 rings (SSSR count). The van der Waals surface area contributed by atoms with E-state index in [1.54, 1.807) is 24.5 Å². The molecule has 0 fully saturated rings. The number of hydrogen-bond acceptors (Lipinski definition) is 5. The van der Waals surface area contributed by atoms with Crippen molar-refractivity contribution < 1.29 is 9.53 Å². The van der Waals surface area contributed by atoms with Crippen molar-refractivity contribution in [3.05, 3.63) is 45.4 Å². The van der Waals surface area contributed by atoms with Crippen molar-refractivity contribution in [2.45, 2.75) is 0 Å². The van der Waals surface area contributed by atoms with E-state index in [0.717, 1.165) is 10.2 Å². The van der Waals surface area contributed by atoms with Crippen molar-refractivity contribution in [3.8, 4) is 0 Å². The van der Waals surface area contributed by atoms with E-state index < -0.39 is 5.97 Å². The van der Waals surface area contributed by atoms with Gasteiger partial charge in [-0.25, -0.2) is 9.78 Å². The van der Waals surface area contributed by atoms with Gasteiger partial charge in [0.2, 0.25) is 0 Å². The lowest BCUT2D eigenvalue weighted by molar-refractivity contribution is 0.0601. The molecule has 2 heterocycles. The molecular formula is C12H9Br2N3O2. The summed E-state index contributed by atoms with van der Waals surface area (Å²) in [6.07, 6.45) is 4.71. The lowest BCUT2D eigenvalue weighted by Gasteiger charge is -2.11. The Labute approximate surface area is 126 Å². The highest BCUT2D eigenvalue weighted by Gasteiger charge is 2.13. The van der Waals surface area contributed by atoms with Crippen molar-refractivity contribution in [2.75, 3.05) is 12.4 Å². The van der Waals surface area contributed by atoms with Gasteiger partial charge in [0.25, 0.3) is 0 Å². The van der Waals surface area contributed by atoms with Crippen molar-refractivity contribution in [1.29, 1.82) is 0 Å². The first-order valence-corrected chi connectivity index (χ1v) is 6.81. The SMILES string of the molecule is COC(=O)c1cnccc1Nc1cc(Br)ncc1Br. The summed E-state index contributed by atoms with van der Waals surface area (Å²) in [6, 6.07) is 3.50. The minimum absolute atomic E-state index is 0.366. The number of ether oxygens (including phenoxy) is 1. The first-order chi connectivity index (χ1) is 9.11. The molecule has 0 aromatic carbocycles. The molecule has 0 amide bonds. The highest BCUT2D eigenvalue weighted by Crippen LogP contribution is 2.28. The average molecular weight is 387 g/mol. The smallest absolute Gasteiger partial charge is 0.341 e. The number of esters is 1. The van der Waals surface area contributed by atoms with Crippen LogP contribution in [0, 0.1) is 0 Å². The topological polar surface area (TPSA) is 64.1 Å². The number of halogens is 2. The maximum atomic E-state index is 11.6. The molecule has 0 saturated carbocycles. The van der Waals surface area contributed by atoms with Crippen molar-refractivity contribution in [3.63, 3.8) is 0 Å². The molecule has 19 heavy (non-hydrogen) atoms. The third-order valence-corrected chi connectivity index (χ3v) is 3.38. The summed E-state index contributed by atoms with van der Waals surface area (Å²) < 4.78 is 6.18. The fourth-order valence-electron chi connectivity index (χ4n) is 1.43. The number of anilines is 2. The fourth-order valence-corrected chi connectivity index (χ4v) is 2.08. The summed E-state index contributed by atoms with van der Waals surface area (Å²) in [5.74, 6) is -0.445. The van der Waals surface area contributed by atoms with Crippen LogP contribution in [-0.4, -0.2) is 23.0 Å². The Morgan fingerprint density at radius 1 is 1.32 bits per heavy atom. The number of aromatic nitrogens is 2. The third-order valence-electron chi connectivity index (χ3n) is 2.32. The molecule has 0 aliphatic heterocycles. The number of hydrogen-bond donors (Lipinski definition) is 1. The first kappa shape index (κ1) is 14.0. The summed E-state index contributed by atoms with van der Waals surface area (Å²) in [7, 11) is 1.33. The standard InChI is InChI=1S/C12H9Br2N3O2/c1-19-12(18)7-5-15-3-2-9(7)17-10-4-11(14)16-6-8(10)13/h2-6H,1H3,(H,15,16,17). The predicted octanol–water partition coefficient (Wildman–Crippen LogP) is 3.53. The Balaban J connectivity index is 2.38. The molecule has 0 atom stereocenters. The van der Waals surface area contributed by atoms with Gasteiger partial charge in [0.05, 0.1) is 23.0 Å². The van der Waals surface area contributed by atoms with Crippen LogP contribution >= 0.6 is 31.9 Å². The van der Waals surface area contributed by atoms with Crippen molar-refractivity contribution >= 4 is 49.2 Å². The monoisotopic (exact) mass is 385 g/mol. The van der Waals surface area contributed by atoms with Gasteiger partial charge in [0, 0.05) is 18.6 Å². The predicted molar refractivity (Wildman–Crippen MR) is 78.5 cm³/mol. The zero-order chi connectivity index (χ0) is 13.8. The van der Waals surface area contributed by atoms with Gasteiger partial charge in [-0.1, -0.05) is 0 Å². The van der Waals surface area contributed by atoms with Crippen LogP contribution in [0.1, 0.15) is 10.4 Å². The van der Waals surface area contributed by atoms with Crippen LogP contribution in [0.3, 0.4) is 0 Å². The van der Waals surface area contributed by atoms with Crippen LogP contribution in [0.5, 0.6) is 0 Å². The Kier molecular flexibility index (Phi) is 4.49. The molecule has 0 aliphatic rings. The normalized spacial score (nSPS) is 10.1. The largest absolute Gasteiger partial charge is 0.465 e. The number of rotatable bonds is 3. The Morgan fingerprint density at radius 2 is 2.11 bits per heavy atom. The molecule has 0 saturated heterocycles. The molecule has 7 heteroatoms. The fraction of sp³-hybridized carbons (Fsp3) is 0.0833. The molecule has 0 bridgehead atoms. The number of pyridine rings is 2. The van der Waals surface area contributed by atoms with Gasteiger partial charge in [-0.3, -0.25) is 4.98 Å². The van der Waals surface area contributed by atoms with Gasteiger partial charge in [0.15, 0.2) is 0 Å². The van der Waals surface area contributed by atoms with Crippen LogP contribution < -0.4 is 5.32 Å². The van der Waals surface area contributed by atoms with E-state index in [2.05, 4.69) is 47.1 Å². The molecule has 0 aliphatic carbocycles. The molecule has 5 nitrogen and oxygen atoms in total. The van der Waals surface area contributed by atoms with Gasteiger partial charge in [0.1, 0.15) is 10.2 Å². The van der Waals surface area contributed by atoms with E-state index in [4.69, 9.17) is 4.74 Å². The second-order valence-corrected chi connectivity index (χ2v) is 5.19. The van der Waals surface area contributed by atoms with Crippen molar-refractivity contribution in [1.82, 2.24) is 9.97 Å². The molecule has 0 spiro atoms. The Morgan fingerprint density at radius 3 is 2.84 bits per heavy atom. The lowest BCUT2D eigenvalue weighted by atomic mass is 10.2. The first-order valence-electron chi connectivity index (χ1n) is 5.22. The van der Waals surface area contributed by atoms with Crippen LogP contribution in [0.15, 0.2) is 39.8 Å². The third kappa shape index (κ3) is 3.30. The van der Waals surface area contributed by atoms with E-state index in [-0.39, 0.29) is 0 Å². The average Bonchev–Trinajstić information content (AvgIpc) is 2.42. The Bertz CT molecular complexity index is 620. The van der Waals surface area contributed by atoms with E-state index in [9.17, 15) is 4.79 Å². The number of nitrogens with zero attached hydrogens (tertiary/aromatic N) is 2. The molecule has 98 valence electrons.